The summed E-state index contributed by atoms with van der Waals surface area (Å²) in [6, 6.07) is 4.46. The van der Waals surface area contributed by atoms with Gasteiger partial charge >= 0.3 is 5.97 Å². The molecule has 0 saturated carbocycles. The third kappa shape index (κ3) is 2.49. The molecular weight excluding hydrogens is 330 g/mol. The number of nitrogens with zero attached hydrogens (tertiary/aromatic N) is 2. The molecule has 22 heavy (non-hydrogen) atoms. The molecule has 0 radical (unpaired) electrons. The summed E-state index contributed by atoms with van der Waals surface area (Å²) >= 11 is 5.76. The van der Waals surface area contributed by atoms with Crippen molar-refractivity contribution in [3.8, 4) is 0 Å². The van der Waals surface area contributed by atoms with Crippen molar-refractivity contribution in [3.05, 3.63) is 46.7 Å². The number of carboxylic acid groups (broad SMARTS) is 1. The number of H-pyrrole nitrogens is 1. The van der Waals surface area contributed by atoms with Crippen LogP contribution in [0.5, 0.6) is 0 Å². The van der Waals surface area contributed by atoms with Gasteiger partial charge in [-0.2, -0.15) is 9.40 Å². The van der Waals surface area contributed by atoms with Gasteiger partial charge in [0.2, 0.25) is 10.0 Å². The highest BCUT2D eigenvalue weighted by Crippen LogP contribution is 2.28. The largest absolute Gasteiger partial charge is 0.480 e. The molecule has 1 atom stereocenters. The summed E-state index contributed by atoms with van der Waals surface area (Å²) in [5.74, 6) is -1.20. The van der Waals surface area contributed by atoms with E-state index < -0.39 is 22.0 Å². The summed E-state index contributed by atoms with van der Waals surface area (Å²) in [4.78, 5) is 11.5. The molecule has 0 amide bonds. The molecule has 3 rings (SSSR count). The van der Waals surface area contributed by atoms with Crippen molar-refractivity contribution in [3.63, 3.8) is 0 Å². The van der Waals surface area contributed by atoms with E-state index in [0.717, 1.165) is 4.31 Å². The lowest BCUT2D eigenvalue weighted by Crippen LogP contribution is -2.48. The number of hydrogen-bond acceptors (Lipinski definition) is 4. The molecule has 1 aromatic carbocycles. The Morgan fingerprint density at radius 3 is 2.68 bits per heavy atom. The zero-order valence-electron chi connectivity index (χ0n) is 11.2. The van der Waals surface area contributed by atoms with Gasteiger partial charge in [0.15, 0.2) is 0 Å². The Bertz CT molecular complexity index is 816. The minimum absolute atomic E-state index is 0.00935. The average Bonchev–Trinajstić information content (AvgIpc) is 2.93. The van der Waals surface area contributed by atoms with Gasteiger partial charge in [0, 0.05) is 29.2 Å². The van der Waals surface area contributed by atoms with Gasteiger partial charge in [-0.1, -0.05) is 11.6 Å². The standard InChI is InChI=1S/C13H12ClN3O4S/c14-9-1-3-10(4-2-9)22(20,21)17-7-8-6-15-16-11(8)5-12(17)13(18)19/h1-4,6,12H,5,7H2,(H,15,16)(H,18,19). The van der Waals surface area contributed by atoms with Gasteiger partial charge < -0.3 is 5.11 Å². The first-order valence-corrected chi connectivity index (χ1v) is 8.23. The van der Waals surface area contributed by atoms with Crippen LogP contribution < -0.4 is 0 Å². The maximum Gasteiger partial charge on any atom is 0.322 e. The third-order valence-electron chi connectivity index (χ3n) is 3.58. The smallest absolute Gasteiger partial charge is 0.322 e. The highest BCUT2D eigenvalue weighted by atomic mass is 35.5. The summed E-state index contributed by atoms with van der Waals surface area (Å²) in [6.45, 7) is -0.0340. The molecule has 0 saturated heterocycles. The number of aliphatic carboxylic acids is 1. The summed E-state index contributed by atoms with van der Waals surface area (Å²) in [7, 11) is -3.94. The molecule has 1 aliphatic rings. The zero-order valence-corrected chi connectivity index (χ0v) is 12.8. The molecule has 1 unspecified atom stereocenters. The van der Waals surface area contributed by atoms with Gasteiger partial charge in [0.1, 0.15) is 6.04 Å². The Balaban J connectivity index is 2.04. The molecule has 116 valence electrons. The van der Waals surface area contributed by atoms with Crippen LogP contribution in [0.15, 0.2) is 35.4 Å². The van der Waals surface area contributed by atoms with E-state index in [1.807, 2.05) is 0 Å². The summed E-state index contributed by atoms with van der Waals surface area (Å²) in [6.07, 6.45) is 1.56. The highest BCUT2D eigenvalue weighted by molar-refractivity contribution is 7.89. The van der Waals surface area contributed by atoms with Crippen LogP contribution in [0.25, 0.3) is 0 Å². The number of benzene rings is 1. The number of carboxylic acids is 1. The lowest BCUT2D eigenvalue weighted by Gasteiger charge is -2.31. The van der Waals surface area contributed by atoms with E-state index in [0.29, 0.717) is 16.3 Å². The molecular formula is C13H12ClN3O4S. The van der Waals surface area contributed by atoms with Crippen molar-refractivity contribution in [2.75, 3.05) is 0 Å². The average molecular weight is 342 g/mol. The zero-order chi connectivity index (χ0) is 15.9. The molecule has 1 aliphatic heterocycles. The van der Waals surface area contributed by atoms with Crippen molar-refractivity contribution < 1.29 is 18.3 Å². The second-order valence-electron chi connectivity index (χ2n) is 4.94. The minimum atomic E-state index is -3.94. The predicted molar refractivity (Wildman–Crippen MR) is 77.9 cm³/mol. The molecule has 7 nitrogen and oxygen atoms in total. The number of nitrogens with one attached hydrogen (secondary N) is 1. The molecule has 0 spiro atoms. The molecule has 1 aromatic heterocycles. The van der Waals surface area contributed by atoms with E-state index in [4.69, 9.17) is 11.6 Å². The van der Waals surface area contributed by atoms with E-state index in [2.05, 4.69) is 10.2 Å². The molecule has 9 heteroatoms. The number of carbonyl (C=O) groups is 1. The number of aromatic nitrogens is 2. The van der Waals surface area contributed by atoms with Crippen molar-refractivity contribution in [2.45, 2.75) is 23.9 Å². The van der Waals surface area contributed by atoms with E-state index >= 15 is 0 Å². The Kier molecular flexibility index (Phi) is 3.67. The van der Waals surface area contributed by atoms with Crippen LogP contribution in [0.4, 0.5) is 0 Å². The first-order valence-electron chi connectivity index (χ1n) is 6.41. The second-order valence-corrected chi connectivity index (χ2v) is 7.26. The molecule has 2 heterocycles. The van der Waals surface area contributed by atoms with Gasteiger partial charge in [0.25, 0.3) is 0 Å². The first kappa shape index (κ1) is 15.0. The Morgan fingerprint density at radius 2 is 2.05 bits per heavy atom. The first-order chi connectivity index (χ1) is 10.4. The number of sulfonamides is 1. The monoisotopic (exact) mass is 341 g/mol. The topological polar surface area (TPSA) is 103 Å². The third-order valence-corrected chi connectivity index (χ3v) is 5.70. The normalized spacial score (nSPS) is 18.9. The lowest BCUT2D eigenvalue weighted by molar-refractivity contribution is -0.141. The van der Waals surface area contributed by atoms with Crippen LogP contribution in [0.3, 0.4) is 0 Å². The number of fused-ring (bicyclic) bond motifs is 1. The quantitative estimate of drug-likeness (QED) is 0.874. The maximum absolute atomic E-state index is 12.7. The van der Waals surface area contributed by atoms with E-state index in [-0.39, 0.29) is 17.9 Å². The molecule has 2 aromatic rings. The fraction of sp³-hybridized carbons (Fsp3) is 0.231. The molecule has 0 fully saturated rings. The van der Waals surface area contributed by atoms with Crippen LogP contribution in [0.1, 0.15) is 11.3 Å². The van der Waals surface area contributed by atoms with E-state index in [1.54, 1.807) is 0 Å². The Labute approximate surface area is 131 Å². The Hall–Kier alpha value is -1.90. The lowest BCUT2D eigenvalue weighted by atomic mass is 10.0. The fourth-order valence-corrected chi connectivity index (χ4v) is 4.11. The minimum Gasteiger partial charge on any atom is -0.480 e. The summed E-state index contributed by atoms with van der Waals surface area (Å²) in [5, 5.41) is 16.3. The van der Waals surface area contributed by atoms with Gasteiger partial charge in [-0.15, -0.1) is 0 Å². The number of hydrogen-bond donors (Lipinski definition) is 2. The fourth-order valence-electron chi connectivity index (χ4n) is 2.43. The molecule has 0 aliphatic carbocycles. The van der Waals surface area contributed by atoms with Crippen LogP contribution in [-0.2, 0) is 27.8 Å². The van der Waals surface area contributed by atoms with E-state index in [9.17, 15) is 18.3 Å². The van der Waals surface area contributed by atoms with Crippen molar-refractivity contribution in [2.24, 2.45) is 0 Å². The van der Waals surface area contributed by atoms with Gasteiger partial charge in [-0.3, -0.25) is 9.89 Å². The van der Waals surface area contributed by atoms with Gasteiger partial charge in [-0.25, -0.2) is 8.42 Å². The van der Waals surface area contributed by atoms with Crippen LogP contribution in [-0.4, -0.2) is 40.0 Å². The van der Waals surface area contributed by atoms with Gasteiger partial charge in [0.05, 0.1) is 11.1 Å². The maximum atomic E-state index is 12.7. The van der Waals surface area contributed by atoms with Crippen molar-refractivity contribution in [1.82, 2.24) is 14.5 Å². The highest BCUT2D eigenvalue weighted by Gasteiger charge is 2.40. The predicted octanol–water partition coefficient (Wildman–Crippen LogP) is 1.26. The van der Waals surface area contributed by atoms with Crippen LogP contribution in [0.2, 0.25) is 5.02 Å². The van der Waals surface area contributed by atoms with Crippen molar-refractivity contribution in [1.29, 1.82) is 0 Å². The van der Waals surface area contributed by atoms with Crippen LogP contribution >= 0.6 is 11.6 Å². The number of rotatable bonds is 3. The number of halogens is 1. The number of aromatic amines is 1. The van der Waals surface area contributed by atoms with Crippen LogP contribution in [0, 0.1) is 0 Å². The van der Waals surface area contributed by atoms with Crippen molar-refractivity contribution >= 4 is 27.6 Å². The summed E-state index contributed by atoms with van der Waals surface area (Å²) in [5.41, 5.74) is 1.32. The molecule has 2 N–H and O–H groups in total. The molecule has 0 bridgehead atoms. The summed E-state index contributed by atoms with van der Waals surface area (Å²) < 4.78 is 26.5. The van der Waals surface area contributed by atoms with E-state index in [1.165, 1.54) is 30.5 Å². The SMILES string of the molecule is O=C(O)C1Cc2[nH]ncc2CN1S(=O)(=O)c1ccc(Cl)cc1. The second kappa shape index (κ2) is 5.38. The Morgan fingerprint density at radius 1 is 1.36 bits per heavy atom. The van der Waals surface area contributed by atoms with Gasteiger partial charge in [-0.05, 0) is 24.3 Å².